The molecule has 5 nitrogen and oxygen atoms in total. The van der Waals surface area contributed by atoms with Crippen molar-refractivity contribution in [3.05, 3.63) is 35.0 Å². The van der Waals surface area contributed by atoms with E-state index in [9.17, 15) is 13.6 Å². The summed E-state index contributed by atoms with van der Waals surface area (Å²) in [4.78, 5) is 18.6. The molecule has 1 aliphatic rings. The molecule has 27 heavy (non-hydrogen) atoms. The zero-order valence-corrected chi connectivity index (χ0v) is 16.2. The Hall–Kier alpha value is -2.44. The van der Waals surface area contributed by atoms with Crippen molar-refractivity contribution in [2.75, 3.05) is 14.2 Å². The molecule has 0 saturated heterocycles. The summed E-state index contributed by atoms with van der Waals surface area (Å²) in [5.41, 5.74) is 0.833. The van der Waals surface area contributed by atoms with Crippen molar-refractivity contribution >= 4 is 16.9 Å². The van der Waals surface area contributed by atoms with Crippen LogP contribution in [0.1, 0.15) is 50.9 Å². The van der Waals surface area contributed by atoms with Crippen LogP contribution in [-0.2, 0) is 11.2 Å². The summed E-state index contributed by atoms with van der Waals surface area (Å²) in [6.07, 6.45) is 1.71. The molecule has 0 aliphatic heterocycles. The summed E-state index contributed by atoms with van der Waals surface area (Å²) in [6.45, 7) is 5.40. The van der Waals surface area contributed by atoms with Crippen LogP contribution >= 0.6 is 0 Å². The van der Waals surface area contributed by atoms with Crippen molar-refractivity contribution in [1.82, 2.24) is 9.88 Å². The van der Waals surface area contributed by atoms with Crippen LogP contribution in [-0.4, -0.2) is 35.7 Å². The molecule has 0 radical (unpaired) electrons. The predicted octanol–water partition coefficient (Wildman–Crippen LogP) is 4.77. The number of pyridine rings is 1. The number of hydrogen-bond acceptors (Lipinski definition) is 4. The van der Waals surface area contributed by atoms with Gasteiger partial charge in [-0.05, 0) is 57.6 Å². The van der Waals surface area contributed by atoms with Crippen molar-refractivity contribution in [2.45, 2.75) is 51.7 Å². The Kier molecular flexibility index (Phi) is 4.97. The highest BCUT2D eigenvalue weighted by atomic mass is 19.2. The van der Waals surface area contributed by atoms with E-state index in [4.69, 9.17) is 9.47 Å². The van der Waals surface area contributed by atoms with Crippen LogP contribution in [0.15, 0.2) is 12.1 Å². The minimum atomic E-state index is -0.963. The number of nitrogens with zero attached hydrogens (tertiary/aromatic N) is 2. The minimum absolute atomic E-state index is 0.253. The molecule has 0 saturated carbocycles. The van der Waals surface area contributed by atoms with Gasteiger partial charge >= 0.3 is 6.09 Å². The first kappa shape index (κ1) is 19.3. The highest BCUT2D eigenvalue weighted by molar-refractivity contribution is 5.91. The lowest BCUT2D eigenvalue weighted by atomic mass is 9.87. The number of aromatic nitrogens is 1. The summed E-state index contributed by atoms with van der Waals surface area (Å²) in [5.74, 6) is -1.65. The quantitative estimate of drug-likeness (QED) is 0.756. The number of ether oxygens (including phenoxy) is 2. The van der Waals surface area contributed by atoms with Crippen molar-refractivity contribution in [2.24, 2.45) is 0 Å². The molecular weight excluding hydrogens is 354 g/mol. The van der Waals surface area contributed by atoms with Gasteiger partial charge in [-0.25, -0.2) is 18.6 Å². The van der Waals surface area contributed by atoms with Crippen molar-refractivity contribution in [3.8, 4) is 5.88 Å². The fourth-order valence-electron chi connectivity index (χ4n) is 3.52. The summed E-state index contributed by atoms with van der Waals surface area (Å²) in [6, 6.07) is 1.92. The molecule has 1 heterocycles. The van der Waals surface area contributed by atoms with Gasteiger partial charge in [-0.3, -0.25) is 0 Å². The van der Waals surface area contributed by atoms with Crippen LogP contribution in [0.5, 0.6) is 5.88 Å². The van der Waals surface area contributed by atoms with E-state index in [0.29, 0.717) is 23.6 Å². The third kappa shape index (κ3) is 3.68. The number of carbonyl (C=O) groups is 1. The summed E-state index contributed by atoms with van der Waals surface area (Å²) in [5, 5.41) is 0.899. The normalized spacial score (nSPS) is 16.8. The van der Waals surface area contributed by atoms with Gasteiger partial charge in [0.05, 0.1) is 18.8 Å². The number of carbonyl (C=O) groups excluding carboxylic acids is 1. The zero-order chi connectivity index (χ0) is 19.9. The molecule has 1 aromatic heterocycles. The molecule has 1 atom stereocenters. The Morgan fingerprint density at radius 1 is 1.22 bits per heavy atom. The Labute approximate surface area is 157 Å². The van der Waals surface area contributed by atoms with Gasteiger partial charge in [0.25, 0.3) is 0 Å². The van der Waals surface area contributed by atoms with Crippen molar-refractivity contribution < 1.29 is 23.0 Å². The fraction of sp³-hybridized carbons (Fsp3) is 0.500. The van der Waals surface area contributed by atoms with Crippen LogP contribution in [0.4, 0.5) is 13.6 Å². The Morgan fingerprint density at radius 2 is 1.85 bits per heavy atom. The summed E-state index contributed by atoms with van der Waals surface area (Å²) < 4.78 is 38.6. The lowest BCUT2D eigenvalue weighted by molar-refractivity contribution is 0.0205. The van der Waals surface area contributed by atoms with E-state index in [-0.39, 0.29) is 11.9 Å². The van der Waals surface area contributed by atoms with Gasteiger partial charge in [0.1, 0.15) is 5.60 Å². The summed E-state index contributed by atoms with van der Waals surface area (Å²) in [7, 11) is 3.10. The Balaban J connectivity index is 2.15. The standard InChI is InChI=1S/C20H24F2N2O3/c1-20(2,3)27-19(25)24(4)16-8-6-7-15-17(16)11-9-13(21)14(22)10-12(11)18(23-15)26-5/h9-10,16H,6-8H2,1-5H3/t16-/m1/s1. The molecule has 7 heteroatoms. The van der Waals surface area contributed by atoms with Gasteiger partial charge in [0.15, 0.2) is 11.6 Å². The van der Waals surface area contributed by atoms with Crippen molar-refractivity contribution in [1.29, 1.82) is 0 Å². The Bertz CT molecular complexity index is 893. The van der Waals surface area contributed by atoms with Crippen LogP contribution < -0.4 is 4.74 Å². The molecule has 1 aromatic carbocycles. The first-order valence-corrected chi connectivity index (χ1v) is 8.93. The third-order valence-corrected chi connectivity index (χ3v) is 4.70. The predicted molar refractivity (Wildman–Crippen MR) is 97.9 cm³/mol. The molecule has 3 rings (SSSR count). The first-order valence-electron chi connectivity index (χ1n) is 8.93. The first-order chi connectivity index (χ1) is 12.6. The summed E-state index contributed by atoms with van der Waals surface area (Å²) >= 11 is 0. The van der Waals surface area contributed by atoms with Crippen LogP contribution in [0.25, 0.3) is 10.8 Å². The maximum Gasteiger partial charge on any atom is 0.410 e. The number of methoxy groups -OCH3 is 1. The molecule has 2 aromatic rings. The van der Waals surface area contributed by atoms with Crippen molar-refractivity contribution in [3.63, 3.8) is 0 Å². The van der Waals surface area contributed by atoms with E-state index in [1.165, 1.54) is 12.0 Å². The largest absolute Gasteiger partial charge is 0.481 e. The highest BCUT2D eigenvalue weighted by Crippen LogP contribution is 2.41. The SMILES string of the molecule is COc1nc2c(c3cc(F)c(F)cc13)[C@H](N(C)C(=O)OC(C)(C)C)CCC2. The van der Waals surface area contributed by atoms with E-state index in [0.717, 1.165) is 29.8 Å². The molecule has 1 aliphatic carbocycles. The van der Waals surface area contributed by atoms with E-state index in [1.54, 1.807) is 27.8 Å². The number of fused-ring (bicyclic) bond motifs is 3. The van der Waals surface area contributed by atoms with E-state index in [2.05, 4.69) is 4.98 Å². The smallest absolute Gasteiger partial charge is 0.410 e. The third-order valence-electron chi connectivity index (χ3n) is 4.70. The lowest BCUT2D eigenvalue weighted by Crippen LogP contribution is -2.38. The lowest BCUT2D eigenvalue weighted by Gasteiger charge is -2.35. The molecule has 0 spiro atoms. The van der Waals surface area contributed by atoms with Gasteiger partial charge in [0, 0.05) is 18.0 Å². The van der Waals surface area contributed by atoms with Crippen LogP contribution in [0.3, 0.4) is 0 Å². The maximum absolute atomic E-state index is 14.0. The Morgan fingerprint density at radius 3 is 2.44 bits per heavy atom. The number of halogens is 2. The van der Waals surface area contributed by atoms with E-state index in [1.807, 2.05) is 0 Å². The second-order valence-corrected chi connectivity index (χ2v) is 7.79. The second-order valence-electron chi connectivity index (χ2n) is 7.79. The van der Waals surface area contributed by atoms with Gasteiger partial charge in [0.2, 0.25) is 5.88 Å². The molecular formula is C20H24F2N2O3. The number of aryl methyl sites for hydroxylation is 1. The van der Waals surface area contributed by atoms with Crippen LogP contribution in [0, 0.1) is 11.6 Å². The number of hydrogen-bond donors (Lipinski definition) is 0. The van der Waals surface area contributed by atoms with E-state index < -0.39 is 23.3 Å². The fourth-order valence-corrected chi connectivity index (χ4v) is 3.52. The molecule has 0 unspecified atom stereocenters. The molecule has 146 valence electrons. The van der Waals surface area contributed by atoms with Gasteiger partial charge in [-0.15, -0.1) is 0 Å². The van der Waals surface area contributed by atoms with Gasteiger partial charge < -0.3 is 14.4 Å². The zero-order valence-electron chi connectivity index (χ0n) is 16.2. The average Bonchev–Trinajstić information content (AvgIpc) is 2.59. The minimum Gasteiger partial charge on any atom is -0.481 e. The van der Waals surface area contributed by atoms with E-state index >= 15 is 0 Å². The molecule has 0 bridgehead atoms. The molecule has 1 amide bonds. The maximum atomic E-state index is 14.0. The van der Waals surface area contributed by atoms with Gasteiger partial charge in [-0.2, -0.15) is 0 Å². The number of benzene rings is 1. The van der Waals surface area contributed by atoms with Crippen LogP contribution in [0.2, 0.25) is 0 Å². The average molecular weight is 378 g/mol. The second kappa shape index (κ2) is 6.94. The monoisotopic (exact) mass is 378 g/mol. The van der Waals surface area contributed by atoms with Gasteiger partial charge in [-0.1, -0.05) is 0 Å². The number of rotatable bonds is 2. The topological polar surface area (TPSA) is 51.7 Å². The molecule has 0 N–H and O–H groups in total. The highest BCUT2D eigenvalue weighted by Gasteiger charge is 2.33. The number of amides is 1. The molecule has 0 fully saturated rings.